The maximum absolute atomic E-state index is 13.4. The molecule has 1 heterocycles. The van der Waals surface area contributed by atoms with Crippen molar-refractivity contribution in [1.29, 1.82) is 5.26 Å². The van der Waals surface area contributed by atoms with Crippen LogP contribution in [0.3, 0.4) is 0 Å². The Bertz CT molecular complexity index is 1240. The number of carbonyl (C=O) groups is 2. The number of nitrogens with two attached hydrogens (primary N) is 1. The van der Waals surface area contributed by atoms with Crippen LogP contribution in [0.2, 0.25) is 10.0 Å². The molecule has 0 radical (unpaired) electrons. The topological polar surface area (TPSA) is 99.2 Å². The van der Waals surface area contributed by atoms with Gasteiger partial charge in [0.2, 0.25) is 0 Å². The van der Waals surface area contributed by atoms with Crippen molar-refractivity contribution in [3.63, 3.8) is 0 Å². The van der Waals surface area contributed by atoms with E-state index in [2.05, 4.69) is 11.5 Å². The van der Waals surface area contributed by atoms with Gasteiger partial charge in [-0.15, -0.1) is 0 Å². The molecule has 4 rings (SSSR count). The van der Waals surface area contributed by atoms with Gasteiger partial charge in [-0.3, -0.25) is 15.0 Å². The summed E-state index contributed by atoms with van der Waals surface area (Å²) in [4.78, 5) is 26.4. The first-order valence-electron chi connectivity index (χ1n) is 10.4. The van der Waals surface area contributed by atoms with Crippen LogP contribution in [-0.4, -0.2) is 16.7 Å². The predicted molar refractivity (Wildman–Crippen MR) is 127 cm³/mol. The number of Topliss-reactive ketones (excluding diaryl/α,β-unsaturated/α-hetero) is 1. The van der Waals surface area contributed by atoms with E-state index in [0.29, 0.717) is 39.7 Å². The fourth-order valence-corrected chi connectivity index (χ4v) is 4.64. The molecule has 0 saturated carbocycles. The number of allylic oxidation sites excluding steroid dienone is 3. The second-order valence-corrected chi connectivity index (χ2v) is 9.85. The molecular formula is C25H22Cl2N4O2. The summed E-state index contributed by atoms with van der Waals surface area (Å²) in [5.74, 6) is -1.05. The smallest absolute Gasteiger partial charge is 0.270 e. The Balaban J connectivity index is 1.84. The summed E-state index contributed by atoms with van der Waals surface area (Å²) in [6.07, 6.45) is 0.825. The van der Waals surface area contributed by atoms with E-state index >= 15 is 0 Å². The second-order valence-electron chi connectivity index (χ2n) is 8.98. The third-order valence-electron chi connectivity index (χ3n) is 5.90. The van der Waals surface area contributed by atoms with Crippen molar-refractivity contribution in [3.05, 3.63) is 92.4 Å². The first-order valence-corrected chi connectivity index (χ1v) is 11.1. The number of nitriles is 1. The minimum atomic E-state index is -0.630. The molecule has 8 heteroatoms. The summed E-state index contributed by atoms with van der Waals surface area (Å²) in [6.45, 7) is 3.98. The lowest BCUT2D eigenvalue weighted by Crippen LogP contribution is -2.49. The zero-order valence-corrected chi connectivity index (χ0v) is 19.7. The van der Waals surface area contributed by atoms with E-state index in [1.54, 1.807) is 48.5 Å². The van der Waals surface area contributed by atoms with Crippen molar-refractivity contribution in [2.45, 2.75) is 32.6 Å². The summed E-state index contributed by atoms with van der Waals surface area (Å²) in [5.41, 5.74) is 11.3. The number of halogens is 2. The summed E-state index contributed by atoms with van der Waals surface area (Å²) < 4.78 is 0. The molecule has 0 saturated heterocycles. The number of ketones is 1. The molecule has 1 amide bonds. The number of hydrogen-bond donors (Lipinski definition) is 2. The fraction of sp³-hybridized carbons (Fsp3) is 0.240. The molecule has 1 aliphatic carbocycles. The Morgan fingerprint density at radius 1 is 1.09 bits per heavy atom. The largest absolute Gasteiger partial charge is 0.383 e. The molecule has 3 N–H and O–H groups in total. The zero-order valence-electron chi connectivity index (χ0n) is 18.2. The van der Waals surface area contributed by atoms with E-state index in [0.717, 1.165) is 5.56 Å². The van der Waals surface area contributed by atoms with Gasteiger partial charge in [0.15, 0.2) is 5.78 Å². The normalized spacial score (nSPS) is 19.8. The average molecular weight is 481 g/mol. The zero-order chi connectivity index (χ0) is 23.9. The molecule has 2 aromatic rings. The summed E-state index contributed by atoms with van der Waals surface area (Å²) in [6, 6.07) is 15.6. The molecule has 0 spiro atoms. The minimum absolute atomic E-state index is 0.0767. The van der Waals surface area contributed by atoms with E-state index < -0.39 is 11.8 Å². The molecule has 0 bridgehead atoms. The van der Waals surface area contributed by atoms with Crippen molar-refractivity contribution in [1.82, 2.24) is 10.4 Å². The highest BCUT2D eigenvalue weighted by molar-refractivity contribution is 6.30. The number of hydrazine groups is 1. The highest BCUT2D eigenvalue weighted by atomic mass is 35.5. The minimum Gasteiger partial charge on any atom is -0.383 e. The van der Waals surface area contributed by atoms with Crippen LogP contribution >= 0.6 is 23.2 Å². The van der Waals surface area contributed by atoms with E-state index in [-0.39, 0.29) is 22.6 Å². The van der Waals surface area contributed by atoms with Crippen molar-refractivity contribution in [2.75, 3.05) is 0 Å². The van der Waals surface area contributed by atoms with Crippen LogP contribution < -0.4 is 11.2 Å². The Hall–Kier alpha value is -3.27. The molecule has 0 fully saturated rings. The van der Waals surface area contributed by atoms with Crippen LogP contribution in [0.1, 0.15) is 48.5 Å². The van der Waals surface area contributed by atoms with Gasteiger partial charge in [-0.05, 0) is 53.8 Å². The first-order chi connectivity index (χ1) is 15.6. The van der Waals surface area contributed by atoms with Crippen molar-refractivity contribution in [3.8, 4) is 6.07 Å². The number of nitrogens with zero attached hydrogens (tertiary/aromatic N) is 2. The van der Waals surface area contributed by atoms with Gasteiger partial charge in [-0.2, -0.15) is 5.26 Å². The number of amides is 1. The highest BCUT2D eigenvalue weighted by Crippen LogP contribution is 2.48. The highest BCUT2D eigenvalue weighted by Gasteiger charge is 2.44. The van der Waals surface area contributed by atoms with Crippen LogP contribution in [-0.2, 0) is 4.79 Å². The maximum Gasteiger partial charge on any atom is 0.270 e. The molecule has 1 atom stereocenters. The van der Waals surface area contributed by atoms with Gasteiger partial charge in [0.1, 0.15) is 5.82 Å². The molecule has 1 aliphatic heterocycles. The molecule has 6 nitrogen and oxygen atoms in total. The summed E-state index contributed by atoms with van der Waals surface area (Å²) in [7, 11) is 0. The monoisotopic (exact) mass is 480 g/mol. The van der Waals surface area contributed by atoms with Gasteiger partial charge in [0, 0.05) is 27.6 Å². The summed E-state index contributed by atoms with van der Waals surface area (Å²) in [5, 5.41) is 12.5. The Morgan fingerprint density at radius 3 is 2.24 bits per heavy atom. The van der Waals surface area contributed by atoms with Crippen molar-refractivity contribution in [2.24, 2.45) is 11.1 Å². The van der Waals surface area contributed by atoms with Crippen molar-refractivity contribution < 1.29 is 9.59 Å². The fourth-order valence-electron chi connectivity index (χ4n) is 4.39. The van der Waals surface area contributed by atoms with Gasteiger partial charge in [0.05, 0.1) is 23.3 Å². The van der Waals surface area contributed by atoms with Gasteiger partial charge in [-0.1, -0.05) is 49.2 Å². The van der Waals surface area contributed by atoms with Gasteiger partial charge >= 0.3 is 0 Å². The molecule has 0 aromatic heterocycles. The Morgan fingerprint density at radius 2 is 1.67 bits per heavy atom. The van der Waals surface area contributed by atoms with E-state index in [4.69, 9.17) is 28.9 Å². The molecule has 1 unspecified atom stereocenters. The Kier molecular flexibility index (Phi) is 5.96. The number of carbonyl (C=O) groups excluding carboxylic acids is 2. The van der Waals surface area contributed by atoms with Gasteiger partial charge in [0.25, 0.3) is 5.91 Å². The maximum atomic E-state index is 13.4. The SMILES string of the molecule is CC1(C)CC(=O)C2=C(C1)N(NC(=O)c1ccc(Cl)cc1)C(N)=C(C#N)C2c1ccc(Cl)cc1. The number of rotatable bonds is 3. The van der Waals surface area contributed by atoms with Crippen LogP contribution in [0.15, 0.2) is 71.2 Å². The first kappa shape index (κ1) is 22.9. The number of benzene rings is 2. The number of hydrogen-bond acceptors (Lipinski definition) is 5. The Labute approximate surface area is 202 Å². The van der Waals surface area contributed by atoms with E-state index in [9.17, 15) is 14.9 Å². The van der Waals surface area contributed by atoms with Crippen LogP contribution in [0.25, 0.3) is 0 Å². The van der Waals surface area contributed by atoms with E-state index in [1.807, 2.05) is 13.8 Å². The molecule has 33 heavy (non-hydrogen) atoms. The summed E-state index contributed by atoms with van der Waals surface area (Å²) >= 11 is 12.0. The van der Waals surface area contributed by atoms with Crippen LogP contribution in [0.5, 0.6) is 0 Å². The predicted octanol–water partition coefficient (Wildman–Crippen LogP) is 5.07. The molecular weight excluding hydrogens is 459 g/mol. The third-order valence-corrected chi connectivity index (χ3v) is 6.41. The number of nitrogens with one attached hydrogen (secondary N) is 1. The van der Waals surface area contributed by atoms with Gasteiger partial charge in [-0.25, -0.2) is 5.01 Å². The standard InChI is InChI=1S/C25H22Cl2N4O2/c1-25(2)11-19-22(20(32)12-25)21(14-3-7-16(26)8-4-14)18(13-28)23(29)31(19)30-24(33)15-5-9-17(27)10-6-15/h3-10,21H,11-12,29H2,1-2H3,(H,30,33). The van der Waals surface area contributed by atoms with Gasteiger partial charge < -0.3 is 5.73 Å². The average Bonchev–Trinajstić information content (AvgIpc) is 2.75. The lowest BCUT2D eigenvalue weighted by molar-refractivity contribution is -0.118. The second kappa shape index (κ2) is 8.58. The third kappa shape index (κ3) is 4.35. The van der Waals surface area contributed by atoms with E-state index in [1.165, 1.54) is 5.01 Å². The quantitative estimate of drug-likeness (QED) is 0.638. The molecule has 2 aromatic carbocycles. The van der Waals surface area contributed by atoms with Crippen LogP contribution in [0, 0.1) is 16.7 Å². The van der Waals surface area contributed by atoms with Crippen molar-refractivity contribution >= 4 is 34.9 Å². The molecule has 2 aliphatic rings. The molecule has 168 valence electrons. The van der Waals surface area contributed by atoms with Crippen LogP contribution in [0.4, 0.5) is 0 Å². The lowest BCUT2D eigenvalue weighted by Gasteiger charge is -2.43. The lowest BCUT2D eigenvalue weighted by atomic mass is 9.69.